The Hall–Kier alpha value is -1.34. The van der Waals surface area contributed by atoms with E-state index in [4.69, 9.17) is 28.3 Å². The molecule has 2 N–H and O–H groups in total. The van der Waals surface area contributed by atoms with Crippen LogP contribution in [0.15, 0.2) is 41.6 Å². The molecule has 8 heteroatoms. The highest BCUT2D eigenvalue weighted by molar-refractivity contribution is 7.92. The average molecular weight is 333 g/mol. The number of hydrogen-bond acceptors (Lipinski definition) is 4. The van der Waals surface area contributed by atoms with Crippen molar-refractivity contribution in [2.45, 2.75) is 11.6 Å². The Balaban J connectivity index is 2.35. The first-order valence-electron chi connectivity index (χ1n) is 5.46. The maximum atomic E-state index is 12.2. The largest absolute Gasteiger partial charge is 0.392 e. The summed E-state index contributed by atoms with van der Waals surface area (Å²) >= 11 is 11.8. The van der Waals surface area contributed by atoms with E-state index < -0.39 is 10.0 Å². The van der Waals surface area contributed by atoms with Crippen molar-refractivity contribution in [2.24, 2.45) is 0 Å². The van der Waals surface area contributed by atoms with Gasteiger partial charge in [0.15, 0.2) is 5.03 Å². The normalized spacial score (nSPS) is 11.3. The number of aliphatic hydroxyl groups is 1. The zero-order chi connectivity index (χ0) is 14.8. The lowest BCUT2D eigenvalue weighted by Crippen LogP contribution is -2.15. The Labute approximate surface area is 126 Å². The summed E-state index contributed by atoms with van der Waals surface area (Å²) in [7, 11) is -3.89. The topological polar surface area (TPSA) is 79.3 Å². The molecule has 1 aromatic heterocycles. The fourth-order valence-corrected chi connectivity index (χ4v) is 3.08. The van der Waals surface area contributed by atoms with Crippen LogP contribution in [0.1, 0.15) is 5.56 Å². The van der Waals surface area contributed by atoms with Crippen LogP contribution < -0.4 is 4.72 Å². The summed E-state index contributed by atoms with van der Waals surface area (Å²) in [5.41, 5.74) is 0.614. The van der Waals surface area contributed by atoms with Crippen LogP contribution in [-0.2, 0) is 16.6 Å². The smallest absolute Gasteiger partial charge is 0.279 e. The van der Waals surface area contributed by atoms with Gasteiger partial charge in [0.2, 0.25) is 0 Å². The molecule has 5 nitrogen and oxygen atoms in total. The Morgan fingerprint density at radius 1 is 1.15 bits per heavy atom. The van der Waals surface area contributed by atoms with E-state index in [-0.39, 0.29) is 27.4 Å². The molecule has 0 spiro atoms. The molecule has 1 aromatic carbocycles. The predicted octanol–water partition coefficient (Wildman–Crippen LogP) is 2.68. The van der Waals surface area contributed by atoms with Crippen LogP contribution in [0.2, 0.25) is 10.0 Å². The van der Waals surface area contributed by atoms with Crippen molar-refractivity contribution in [2.75, 3.05) is 4.72 Å². The number of aliphatic hydroxyl groups excluding tert-OH is 1. The van der Waals surface area contributed by atoms with Crippen LogP contribution in [0.25, 0.3) is 0 Å². The van der Waals surface area contributed by atoms with Crippen LogP contribution in [0.3, 0.4) is 0 Å². The lowest BCUT2D eigenvalue weighted by molar-refractivity contribution is 0.281. The third-order valence-electron chi connectivity index (χ3n) is 2.45. The second-order valence-corrected chi connectivity index (χ2v) is 6.31. The maximum absolute atomic E-state index is 12.2. The molecule has 0 fully saturated rings. The lowest BCUT2D eigenvalue weighted by Gasteiger charge is -2.10. The van der Waals surface area contributed by atoms with Crippen molar-refractivity contribution in [1.29, 1.82) is 0 Å². The van der Waals surface area contributed by atoms with E-state index in [1.54, 1.807) is 6.07 Å². The molecule has 1 heterocycles. The number of benzene rings is 1. The first-order chi connectivity index (χ1) is 9.44. The fraction of sp³-hybridized carbons (Fsp3) is 0.0833. The molecule has 0 unspecified atom stereocenters. The van der Waals surface area contributed by atoms with Crippen LogP contribution in [0.4, 0.5) is 5.69 Å². The average Bonchev–Trinajstić information content (AvgIpc) is 2.43. The van der Waals surface area contributed by atoms with Gasteiger partial charge in [-0.25, -0.2) is 4.98 Å². The molecule has 2 rings (SSSR count). The van der Waals surface area contributed by atoms with E-state index in [2.05, 4.69) is 9.71 Å². The number of rotatable bonds is 4. The Kier molecular flexibility index (Phi) is 4.49. The van der Waals surface area contributed by atoms with Gasteiger partial charge in [-0.1, -0.05) is 35.3 Å². The molecule has 0 amide bonds. The first-order valence-corrected chi connectivity index (χ1v) is 7.70. The van der Waals surface area contributed by atoms with Crippen LogP contribution in [-0.4, -0.2) is 18.5 Å². The monoisotopic (exact) mass is 332 g/mol. The number of nitrogens with zero attached hydrogens (tertiary/aromatic N) is 1. The van der Waals surface area contributed by atoms with Crippen LogP contribution >= 0.6 is 23.2 Å². The molecule has 0 saturated carbocycles. The minimum atomic E-state index is -3.89. The van der Waals surface area contributed by atoms with Gasteiger partial charge in [0.25, 0.3) is 10.0 Å². The standard InChI is InChI=1S/C12H10Cl2N2O3S/c13-9-2-1-3-10(14)12(9)16-20(18,19)11-5-4-8(7-17)6-15-11/h1-6,16-17H,7H2. The first kappa shape index (κ1) is 15.1. The number of hydrogen-bond donors (Lipinski definition) is 2. The lowest BCUT2D eigenvalue weighted by atomic mass is 10.3. The summed E-state index contributed by atoms with van der Waals surface area (Å²) in [6, 6.07) is 7.41. The summed E-state index contributed by atoms with van der Waals surface area (Å²) < 4.78 is 26.6. The van der Waals surface area contributed by atoms with Crippen molar-refractivity contribution in [1.82, 2.24) is 4.98 Å². The number of nitrogens with one attached hydrogen (secondary N) is 1. The molecule has 0 aliphatic rings. The minimum absolute atomic E-state index is 0.101. The molecule has 0 saturated heterocycles. The number of sulfonamides is 1. The summed E-state index contributed by atoms with van der Waals surface area (Å²) in [6.45, 7) is -0.211. The van der Waals surface area contributed by atoms with Gasteiger partial charge in [-0.2, -0.15) is 8.42 Å². The molecule has 0 atom stereocenters. The third-order valence-corrected chi connectivity index (χ3v) is 4.35. The second kappa shape index (κ2) is 5.97. The Bertz CT molecular complexity index is 698. The highest BCUT2D eigenvalue weighted by atomic mass is 35.5. The van der Waals surface area contributed by atoms with Gasteiger partial charge in [0.05, 0.1) is 22.3 Å². The van der Waals surface area contributed by atoms with E-state index >= 15 is 0 Å². The highest BCUT2D eigenvalue weighted by Crippen LogP contribution is 2.31. The molecular weight excluding hydrogens is 323 g/mol. The van der Waals surface area contributed by atoms with Crippen molar-refractivity contribution in [3.05, 3.63) is 52.1 Å². The Morgan fingerprint density at radius 2 is 1.80 bits per heavy atom. The molecule has 20 heavy (non-hydrogen) atoms. The summed E-state index contributed by atoms with van der Waals surface area (Å²) in [5, 5.41) is 9.09. The molecule has 2 aromatic rings. The maximum Gasteiger partial charge on any atom is 0.279 e. The quantitative estimate of drug-likeness (QED) is 0.902. The molecule has 106 valence electrons. The van der Waals surface area contributed by atoms with Crippen LogP contribution in [0.5, 0.6) is 0 Å². The van der Waals surface area contributed by atoms with Crippen LogP contribution in [0, 0.1) is 0 Å². The number of halogens is 2. The minimum Gasteiger partial charge on any atom is -0.392 e. The third kappa shape index (κ3) is 3.21. The van der Waals surface area contributed by atoms with E-state index in [0.717, 1.165) is 0 Å². The molecular formula is C12H10Cl2N2O3S. The fourth-order valence-electron chi connectivity index (χ4n) is 1.45. The number of pyridine rings is 1. The summed E-state index contributed by atoms with van der Waals surface area (Å²) in [4.78, 5) is 3.78. The molecule has 0 aliphatic heterocycles. The number of aromatic nitrogens is 1. The van der Waals surface area contributed by atoms with Gasteiger partial charge in [0.1, 0.15) is 0 Å². The summed E-state index contributed by atoms with van der Waals surface area (Å²) in [6.07, 6.45) is 1.28. The van der Waals surface area contributed by atoms with Crippen molar-refractivity contribution >= 4 is 38.9 Å². The zero-order valence-corrected chi connectivity index (χ0v) is 12.4. The van der Waals surface area contributed by atoms with E-state index in [9.17, 15) is 8.42 Å². The van der Waals surface area contributed by atoms with E-state index in [0.29, 0.717) is 5.56 Å². The zero-order valence-electron chi connectivity index (χ0n) is 10.0. The molecule has 0 aliphatic carbocycles. The summed E-state index contributed by atoms with van der Waals surface area (Å²) in [5.74, 6) is 0. The van der Waals surface area contributed by atoms with Crippen molar-refractivity contribution < 1.29 is 13.5 Å². The van der Waals surface area contributed by atoms with Gasteiger partial charge in [-0.15, -0.1) is 0 Å². The van der Waals surface area contributed by atoms with Crippen molar-refractivity contribution in [3.8, 4) is 0 Å². The number of para-hydroxylation sites is 1. The van der Waals surface area contributed by atoms with Crippen molar-refractivity contribution in [3.63, 3.8) is 0 Å². The highest BCUT2D eigenvalue weighted by Gasteiger charge is 2.18. The molecule has 0 radical (unpaired) electrons. The van der Waals surface area contributed by atoms with Gasteiger partial charge in [0, 0.05) is 6.20 Å². The predicted molar refractivity (Wildman–Crippen MR) is 77.4 cm³/mol. The number of anilines is 1. The molecule has 0 bridgehead atoms. The van der Waals surface area contributed by atoms with E-state index in [1.807, 2.05) is 0 Å². The van der Waals surface area contributed by atoms with Gasteiger partial charge >= 0.3 is 0 Å². The second-order valence-electron chi connectivity index (χ2n) is 3.86. The van der Waals surface area contributed by atoms with Gasteiger partial charge in [-0.05, 0) is 23.8 Å². The van der Waals surface area contributed by atoms with E-state index in [1.165, 1.54) is 30.5 Å². The SMILES string of the molecule is O=S(=O)(Nc1c(Cl)cccc1Cl)c1ccc(CO)cn1. The van der Waals surface area contributed by atoms with Gasteiger partial charge in [-0.3, -0.25) is 4.72 Å². The Morgan fingerprint density at radius 3 is 2.30 bits per heavy atom. The van der Waals surface area contributed by atoms with Gasteiger partial charge < -0.3 is 5.11 Å².